The van der Waals surface area contributed by atoms with Crippen LogP contribution in [-0.2, 0) is 17.6 Å². The fourth-order valence-electron chi connectivity index (χ4n) is 8.84. The van der Waals surface area contributed by atoms with E-state index in [2.05, 4.69) is 25.0 Å². The minimum Gasteiger partial charge on any atom is -0.397 e. The maximum atomic E-state index is 15.0. The molecule has 3 aliphatic rings. The number of piperidine rings is 1. The van der Waals surface area contributed by atoms with E-state index in [1.165, 1.54) is 30.5 Å². The van der Waals surface area contributed by atoms with Gasteiger partial charge in [0.15, 0.2) is 5.69 Å². The van der Waals surface area contributed by atoms with Crippen LogP contribution in [0.4, 0.5) is 23.2 Å². The average molecular weight is 868 g/mol. The maximum Gasteiger partial charge on any atom is 0.393 e. The van der Waals surface area contributed by atoms with Crippen LogP contribution in [-0.4, -0.2) is 142 Å². The summed E-state index contributed by atoms with van der Waals surface area (Å²) in [4.78, 5) is 66.5. The molecular weight excluding hydrogens is 819 g/mol. The second-order valence-corrected chi connectivity index (χ2v) is 16.7. The Bertz CT molecular complexity index is 2540. The van der Waals surface area contributed by atoms with Crippen molar-refractivity contribution in [1.29, 1.82) is 0 Å². The Balaban J connectivity index is 0.754. The number of piperazine rings is 2. The summed E-state index contributed by atoms with van der Waals surface area (Å²) in [5, 5.41) is 7.92. The Morgan fingerprint density at radius 1 is 0.730 bits per heavy atom. The van der Waals surface area contributed by atoms with Crippen molar-refractivity contribution in [2.75, 3.05) is 84.3 Å². The number of H-pyrrole nitrogens is 1. The van der Waals surface area contributed by atoms with Crippen LogP contribution in [0.1, 0.15) is 50.5 Å². The first kappa shape index (κ1) is 43.4. The summed E-state index contributed by atoms with van der Waals surface area (Å²) < 4.78 is 53.8. The molecule has 5 heterocycles. The number of fused-ring (bicyclic) bond motifs is 1. The predicted molar refractivity (Wildman–Crippen MR) is 229 cm³/mol. The molecule has 17 heteroatoms. The number of hydrogen-bond donors (Lipinski definition) is 2. The third kappa shape index (κ3) is 10.4. The van der Waals surface area contributed by atoms with Crippen LogP contribution >= 0.6 is 0 Å². The average Bonchev–Trinajstić information content (AvgIpc) is 3.28. The number of hydrogen-bond acceptors (Lipinski definition) is 9. The molecule has 0 saturated carbocycles. The lowest BCUT2D eigenvalue weighted by molar-refractivity contribution is -0.134. The van der Waals surface area contributed by atoms with Gasteiger partial charge in [0.2, 0.25) is 5.91 Å². The molecular formula is C46H49F4N9O4. The molecule has 0 unspecified atom stereocenters. The normalized spacial score (nSPS) is 17.0. The van der Waals surface area contributed by atoms with Crippen LogP contribution in [0.2, 0.25) is 0 Å². The zero-order valence-corrected chi connectivity index (χ0v) is 34.7. The Labute approximate surface area is 361 Å². The molecule has 3 amide bonds. The van der Waals surface area contributed by atoms with Crippen LogP contribution < -0.4 is 11.3 Å². The number of carbonyl (C=O) groups is 3. The Kier molecular flexibility index (Phi) is 12.9. The van der Waals surface area contributed by atoms with Gasteiger partial charge >= 0.3 is 6.18 Å². The number of aromatic nitrogens is 3. The van der Waals surface area contributed by atoms with Crippen molar-refractivity contribution >= 4 is 34.2 Å². The smallest absolute Gasteiger partial charge is 0.393 e. The number of anilines is 1. The van der Waals surface area contributed by atoms with Crippen molar-refractivity contribution < 1.29 is 31.9 Å². The van der Waals surface area contributed by atoms with Gasteiger partial charge in [0.25, 0.3) is 17.4 Å². The van der Waals surface area contributed by atoms with E-state index in [1.807, 2.05) is 12.1 Å². The zero-order chi connectivity index (χ0) is 44.3. The lowest BCUT2D eigenvalue weighted by Crippen LogP contribution is -2.55. The second-order valence-electron chi connectivity index (χ2n) is 16.7. The molecule has 2 aromatic heterocycles. The van der Waals surface area contributed by atoms with E-state index in [-0.39, 0.29) is 46.4 Å². The molecule has 0 radical (unpaired) electrons. The SMILES string of the molecule is Nc1cc(-c2cccc(CC(F)(F)F)c2)cnc1C(=O)N1CCC(CN2CCN(CC(=O)N3CCN(C(=O)c4cc(Cc5n[nH]c(=O)c6ccccc56)ccc4F)CC3)CC2)CC1. The van der Waals surface area contributed by atoms with Crippen molar-refractivity contribution in [3.63, 3.8) is 0 Å². The molecule has 3 aliphatic heterocycles. The van der Waals surface area contributed by atoms with Gasteiger partial charge in [0.1, 0.15) is 5.82 Å². The topological polar surface area (TPSA) is 152 Å². The number of rotatable bonds is 10. The summed E-state index contributed by atoms with van der Waals surface area (Å²) in [6, 6.07) is 19.2. The number of halogens is 4. The quantitative estimate of drug-likeness (QED) is 0.188. The number of nitrogens with one attached hydrogen (secondary N) is 1. The first-order valence-corrected chi connectivity index (χ1v) is 21.3. The van der Waals surface area contributed by atoms with Crippen LogP contribution in [0.25, 0.3) is 21.9 Å². The van der Waals surface area contributed by atoms with Gasteiger partial charge in [-0.15, -0.1) is 0 Å². The number of benzene rings is 3. The van der Waals surface area contributed by atoms with Crippen LogP contribution in [0.5, 0.6) is 0 Å². The number of likely N-dealkylation sites (tertiary alicyclic amines) is 1. The highest BCUT2D eigenvalue weighted by molar-refractivity contribution is 5.98. The van der Waals surface area contributed by atoms with E-state index in [1.54, 1.807) is 51.1 Å². The minimum absolute atomic E-state index is 0.00120. The molecule has 8 rings (SSSR count). The third-order valence-electron chi connectivity index (χ3n) is 12.4. The first-order chi connectivity index (χ1) is 30.3. The number of carbonyl (C=O) groups excluding carboxylic acids is 3. The summed E-state index contributed by atoms with van der Waals surface area (Å²) in [5.74, 6) is -0.912. The molecule has 0 bridgehead atoms. The van der Waals surface area contributed by atoms with E-state index in [4.69, 9.17) is 5.73 Å². The largest absolute Gasteiger partial charge is 0.397 e. The first-order valence-electron chi connectivity index (χ1n) is 21.3. The lowest BCUT2D eigenvalue weighted by atomic mass is 9.95. The van der Waals surface area contributed by atoms with Crippen molar-refractivity contribution in [2.24, 2.45) is 5.92 Å². The molecule has 13 nitrogen and oxygen atoms in total. The van der Waals surface area contributed by atoms with Gasteiger partial charge in [0, 0.05) is 95.6 Å². The third-order valence-corrected chi connectivity index (χ3v) is 12.4. The van der Waals surface area contributed by atoms with E-state index >= 15 is 4.39 Å². The van der Waals surface area contributed by atoms with Gasteiger partial charge in [-0.05, 0) is 59.7 Å². The molecule has 5 aromatic rings. The van der Waals surface area contributed by atoms with E-state index < -0.39 is 24.3 Å². The Morgan fingerprint density at radius 2 is 1.41 bits per heavy atom. The van der Waals surface area contributed by atoms with Gasteiger partial charge in [0.05, 0.1) is 35.3 Å². The van der Waals surface area contributed by atoms with Crippen LogP contribution in [0, 0.1) is 11.7 Å². The monoisotopic (exact) mass is 867 g/mol. The number of aromatic amines is 1. The van der Waals surface area contributed by atoms with Gasteiger partial charge in [-0.25, -0.2) is 14.5 Å². The van der Waals surface area contributed by atoms with Gasteiger partial charge in [-0.1, -0.05) is 48.5 Å². The molecule has 0 atom stereocenters. The molecule has 3 saturated heterocycles. The highest BCUT2D eigenvalue weighted by Gasteiger charge is 2.31. The maximum absolute atomic E-state index is 15.0. The highest BCUT2D eigenvalue weighted by Crippen LogP contribution is 2.29. The summed E-state index contributed by atoms with van der Waals surface area (Å²) >= 11 is 0. The molecule has 0 spiro atoms. The number of nitrogens with two attached hydrogens (primary N) is 1. The predicted octanol–water partition coefficient (Wildman–Crippen LogP) is 4.86. The summed E-state index contributed by atoms with van der Waals surface area (Å²) in [6.07, 6.45) is -1.94. The number of nitrogens with zero attached hydrogens (tertiary/aromatic N) is 7. The summed E-state index contributed by atoms with van der Waals surface area (Å²) in [6.45, 7) is 6.74. The summed E-state index contributed by atoms with van der Waals surface area (Å²) in [5.41, 5.74) is 8.74. The summed E-state index contributed by atoms with van der Waals surface area (Å²) in [7, 11) is 0. The molecule has 63 heavy (non-hydrogen) atoms. The number of nitrogen functional groups attached to an aromatic ring is 1. The molecule has 0 aliphatic carbocycles. The molecule has 3 aromatic carbocycles. The highest BCUT2D eigenvalue weighted by atomic mass is 19.4. The molecule has 3 fully saturated rings. The molecule has 3 N–H and O–H groups in total. The second kappa shape index (κ2) is 18.6. The Morgan fingerprint density at radius 3 is 2.13 bits per heavy atom. The van der Waals surface area contributed by atoms with Crippen LogP contribution in [0.15, 0.2) is 83.8 Å². The zero-order valence-electron chi connectivity index (χ0n) is 34.7. The van der Waals surface area contributed by atoms with Crippen molar-refractivity contribution in [1.82, 2.24) is 39.7 Å². The fraction of sp³-hybridized carbons (Fsp3) is 0.391. The van der Waals surface area contributed by atoms with E-state index in [0.29, 0.717) is 84.8 Å². The van der Waals surface area contributed by atoms with Crippen molar-refractivity contribution in [3.05, 3.63) is 123 Å². The van der Waals surface area contributed by atoms with Crippen molar-refractivity contribution in [3.8, 4) is 11.1 Å². The molecule has 330 valence electrons. The number of pyridine rings is 1. The Hall–Kier alpha value is -6.20. The number of amides is 3. The minimum atomic E-state index is -4.32. The van der Waals surface area contributed by atoms with E-state index in [9.17, 15) is 32.3 Å². The van der Waals surface area contributed by atoms with Gasteiger partial charge in [-0.3, -0.25) is 24.1 Å². The fourth-order valence-corrected chi connectivity index (χ4v) is 8.84. The number of alkyl halides is 3. The standard InChI is InChI=1S/C46H49F4N9O4/c47-38-9-8-31(24-40-35-6-1-2-7-36(35)43(61)54-53-40)23-37(38)44(62)59-20-18-57(19-21-59)41(60)29-56-16-14-55(15-17-56)28-30-10-12-58(13-11-30)45(63)42-39(51)25-34(27-52-42)33-5-3-4-32(22-33)26-46(48,49)50/h1-9,22-23,25,27,30H,10-21,24,26,28-29,51H2,(H,54,61). The van der Waals surface area contributed by atoms with Gasteiger partial charge in [-0.2, -0.15) is 18.3 Å². The van der Waals surface area contributed by atoms with E-state index in [0.717, 1.165) is 45.6 Å². The van der Waals surface area contributed by atoms with Gasteiger partial charge < -0.3 is 25.3 Å². The lowest BCUT2D eigenvalue weighted by Gasteiger charge is -2.40. The van der Waals surface area contributed by atoms with Crippen molar-refractivity contribution in [2.45, 2.75) is 31.9 Å². The van der Waals surface area contributed by atoms with Crippen LogP contribution in [0.3, 0.4) is 0 Å².